The number of hydrogen-bond donors (Lipinski definition) is 2. The topological polar surface area (TPSA) is 57.9 Å². The van der Waals surface area contributed by atoms with Crippen LogP contribution in [0.2, 0.25) is 0 Å². The Kier molecular flexibility index (Phi) is 3.80. The highest BCUT2D eigenvalue weighted by atomic mass is 15.2. The van der Waals surface area contributed by atoms with Gasteiger partial charge in [-0.1, -0.05) is 6.92 Å². The quantitative estimate of drug-likeness (QED) is 0.813. The second-order valence-electron chi connectivity index (χ2n) is 5.80. The van der Waals surface area contributed by atoms with Crippen LogP contribution in [0.15, 0.2) is 18.2 Å². The third kappa shape index (κ3) is 3.07. The van der Waals surface area contributed by atoms with Crippen LogP contribution in [-0.4, -0.2) is 34.0 Å². The minimum atomic E-state index is 0.233. The van der Waals surface area contributed by atoms with Crippen LogP contribution >= 0.6 is 0 Å². The number of rotatable bonds is 5. The molecule has 0 atom stereocenters. The molecule has 1 aromatic heterocycles. The highest BCUT2D eigenvalue weighted by Crippen LogP contribution is 2.18. The number of hydrogen-bond acceptors (Lipinski definition) is 3. The maximum Gasteiger partial charge on any atom is 0.108 e. The third-order valence-corrected chi connectivity index (χ3v) is 4.14. The monoisotopic (exact) mass is 260 g/mol. The van der Waals surface area contributed by atoms with E-state index in [1.807, 2.05) is 18.2 Å². The zero-order valence-electron chi connectivity index (χ0n) is 12.3. The van der Waals surface area contributed by atoms with Crippen molar-refractivity contribution in [2.24, 2.45) is 0 Å². The number of imidazole rings is 1. The van der Waals surface area contributed by atoms with E-state index in [1.165, 1.54) is 0 Å². The first kappa shape index (κ1) is 13.9. The van der Waals surface area contributed by atoms with E-state index in [0.29, 0.717) is 0 Å². The lowest BCUT2D eigenvalue weighted by molar-refractivity contribution is 0.152. The van der Waals surface area contributed by atoms with Crippen LogP contribution in [0.25, 0.3) is 11.0 Å². The van der Waals surface area contributed by atoms with Crippen molar-refractivity contribution >= 4 is 16.7 Å². The van der Waals surface area contributed by atoms with Crippen LogP contribution in [0.5, 0.6) is 0 Å². The summed E-state index contributed by atoms with van der Waals surface area (Å²) in [5.74, 6) is 1.03. The molecule has 0 aliphatic carbocycles. The van der Waals surface area contributed by atoms with Gasteiger partial charge < -0.3 is 15.6 Å². The van der Waals surface area contributed by atoms with Gasteiger partial charge in [-0.3, -0.25) is 0 Å². The number of nitrogens with two attached hydrogens (primary N) is 1. The molecule has 0 radical (unpaired) electrons. The summed E-state index contributed by atoms with van der Waals surface area (Å²) in [7, 11) is 2.17. The van der Waals surface area contributed by atoms with E-state index in [0.717, 1.165) is 41.9 Å². The number of fused-ring (bicyclic) bond motifs is 1. The molecule has 19 heavy (non-hydrogen) atoms. The van der Waals surface area contributed by atoms with E-state index in [4.69, 9.17) is 5.73 Å². The number of nitrogens with zero attached hydrogens (tertiary/aromatic N) is 2. The van der Waals surface area contributed by atoms with Crippen LogP contribution in [0.3, 0.4) is 0 Å². The summed E-state index contributed by atoms with van der Waals surface area (Å²) in [6, 6.07) is 5.79. The van der Waals surface area contributed by atoms with Crippen molar-refractivity contribution in [3.8, 4) is 0 Å². The number of aromatic nitrogens is 2. The lowest BCUT2D eigenvalue weighted by atomic mass is 10.00. The second kappa shape index (κ2) is 5.21. The predicted octanol–water partition coefficient (Wildman–Crippen LogP) is 2.81. The molecular weight excluding hydrogens is 236 g/mol. The number of aromatic amines is 1. The molecular formula is C15H24N4. The Morgan fingerprint density at radius 2 is 2.11 bits per heavy atom. The summed E-state index contributed by atoms with van der Waals surface area (Å²) in [4.78, 5) is 10.3. The van der Waals surface area contributed by atoms with E-state index in [2.05, 4.69) is 42.7 Å². The van der Waals surface area contributed by atoms with Gasteiger partial charge in [-0.15, -0.1) is 0 Å². The van der Waals surface area contributed by atoms with Crippen molar-refractivity contribution in [3.05, 3.63) is 24.0 Å². The SMILES string of the molecule is CCC(C)(C)N(C)CCc1nc2ccc(N)cc2[nH]1. The van der Waals surface area contributed by atoms with Crippen LogP contribution in [0, 0.1) is 0 Å². The van der Waals surface area contributed by atoms with Crippen molar-refractivity contribution in [3.63, 3.8) is 0 Å². The molecule has 104 valence electrons. The van der Waals surface area contributed by atoms with Crippen molar-refractivity contribution in [1.82, 2.24) is 14.9 Å². The normalized spacial score (nSPS) is 12.5. The fourth-order valence-electron chi connectivity index (χ4n) is 2.04. The molecule has 1 heterocycles. The Morgan fingerprint density at radius 3 is 2.79 bits per heavy atom. The summed E-state index contributed by atoms with van der Waals surface area (Å²) in [6.45, 7) is 7.76. The molecule has 4 nitrogen and oxygen atoms in total. The maximum atomic E-state index is 5.77. The number of H-pyrrole nitrogens is 1. The van der Waals surface area contributed by atoms with Crippen LogP contribution in [0.1, 0.15) is 33.0 Å². The molecule has 0 fully saturated rings. The molecule has 0 amide bonds. The second-order valence-corrected chi connectivity index (χ2v) is 5.80. The Morgan fingerprint density at radius 1 is 1.37 bits per heavy atom. The van der Waals surface area contributed by atoms with Gasteiger partial charge >= 0.3 is 0 Å². The van der Waals surface area contributed by atoms with E-state index in [9.17, 15) is 0 Å². The van der Waals surface area contributed by atoms with Crippen LogP contribution in [-0.2, 0) is 6.42 Å². The summed E-state index contributed by atoms with van der Waals surface area (Å²) < 4.78 is 0. The first-order valence-electron chi connectivity index (χ1n) is 6.88. The molecule has 0 bridgehead atoms. The molecule has 0 spiro atoms. The minimum Gasteiger partial charge on any atom is -0.399 e. The molecule has 0 saturated carbocycles. The van der Waals surface area contributed by atoms with Gasteiger partial charge in [-0.2, -0.15) is 0 Å². The first-order chi connectivity index (χ1) is 8.92. The Hall–Kier alpha value is -1.55. The first-order valence-corrected chi connectivity index (χ1v) is 6.88. The van der Waals surface area contributed by atoms with E-state index in [-0.39, 0.29) is 5.54 Å². The summed E-state index contributed by atoms with van der Waals surface area (Å²) in [5.41, 5.74) is 8.79. The third-order valence-electron chi connectivity index (χ3n) is 4.14. The van der Waals surface area contributed by atoms with Crippen molar-refractivity contribution in [2.75, 3.05) is 19.3 Å². The smallest absolute Gasteiger partial charge is 0.108 e. The van der Waals surface area contributed by atoms with E-state index in [1.54, 1.807) is 0 Å². The average molecular weight is 260 g/mol. The summed E-state index contributed by atoms with van der Waals surface area (Å²) in [5, 5.41) is 0. The number of nitrogen functional groups attached to an aromatic ring is 1. The average Bonchev–Trinajstić information content (AvgIpc) is 2.77. The van der Waals surface area contributed by atoms with Crippen molar-refractivity contribution in [2.45, 2.75) is 39.2 Å². The molecule has 3 N–H and O–H groups in total. The zero-order chi connectivity index (χ0) is 14.0. The van der Waals surface area contributed by atoms with Gasteiger partial charge in [-0.25, -0.2) is 4.98 Å². The van der Waals surface area contributed by atoms with Gasteiger partial charge in [0.1, 0.15) is 5.82 Å². The lowest BCUT2D eigenvalue weighted by Crippen LogP contribution is -2.41. The fourth-order valence-corrected chi connectivity index (χ4v) is 2.04. The molecule has 0 aliphatic rings. The lowest BCUT2D eigenvalue weighted by Gasteiger charge is -2.34. The molecule has 0 unspecified atom stereocenters. The van der Waals surface area contributed by atoms with Crippen molar-refractivity contribution < 1.29 is 0 Å². The molecule has 2 aromatic rings. The number of anilines is 1. The van der Waals surface area contributed by atoms with Gasteiger partial charge in [-0.05, 0) is 45.5 Å². The Balaban J connectivity index is 2.06. The molecule has 0 saturated heterocycles. The predicted molar refractivity (Wildman–Crippen MR) is 81.2 cm³/mol. The molecule has 1 aromatic carbocycles. The Labute approximate surface area is 115 Å². The van der Waals surface area contributed by atoms with Gasteiger partial charge in [0.25, 0.3) is 0 Å². The van der Waals surface area contributed by atoms with Crippen LogP contribution in [0.4, 0.5) is 5.69 Å². The van der Waals surface area contributed by atoms with Crippen molar-refractivity contribution in [1.29, 1.82) is 0 Å². The number of likely N-dealkylation sites (N-methyl/N-ethyl adjacent to an activating group) is 1. The van der Waals surface area contributed by atoms with Gasteiger partial charge in [0.15, 0.2) is 0 Å². The standard InChI is InChI=1S/C15H24N4/c1-5-15(2,3)19(4)9-8-14-17-12-7-6-11(16)10-13(12)18-14/h6-7,10H,5,8-9,16H2,1-4H3,(H,17,18). The highest BCUT2D eigenvalue weighted by molar-refractivity contribution is 5.78. The van der Waals surface area contributed by atoms with E-state index < -0.39 is 0 Å². The fraction of sp³-hybridized carbons (Fsp3) is 0.533. The number of nitrogens with one attached hydrogen (secondary N) is 1. The Bertz CT molecular complexity index is 556. The largest absolute Gasteiger partial charge is 0.399 e. The zero-order valence-corrected chi connectivity index (χ0v) is 12.3. The summed E-state index contributed by atoms with van der Waals surface area (Å²) >= 11 is 0. The highest BCUT2D eigenvalue weighted by Gasteiger charge is 2.20. The van der Waals surface area contributed by atoms with Gasteiger partial charge in [0.05, 0.1) is 11.0 Å². The maximum absolute atomic E-state index is 5.77. The van der Waals surface area contributed by atoms with Gasteiger partial charge in [0.2, 0.25) is 0 Å². The molecule has 0 aliphatic heterocycles. The minimum absolute atomic E-state index is 0.233. The van der Waals surface area contributed by atoms with Crippen LogP contribution < -0.4 is 5.73 Å². The molecule has 2 rings (SSSR count). The molecule has 4 heteroatoms. The van der Waals surface area contributed by atoms with Gasteiger partial charge in [0, 0.05) is 24.2 Å². The summed E-state index contributed by atoms with van der Waals surface area (Å²) in [6.07, 6.45) is 2.06. The van der Waals surface area contributed by atoms with E-state index >= 15 is 0 Å². The number of benzene rings is 1.